The Morgan fingerprint density at radius 2 is 1.95 bits per heavy atom. The Morgan fingerprint density at radius 3 is 2.73 bits per heavy atom. The van der Waals surface area contributed by atoms with Crippen molar-refractivity contribution in [3.05, 3.63) is 59.2 Å². The van der Waals surface area contributed by atoms with Crippen LogP contribution in [-0.4, -0.2) is 18.9 Å². The van der Waals surface area contributed by atoms with Crippen molar-refractivity contribution in [1.29, 1.82) is 5.26 Å². The van der Waals surface area contributed by atoms with Crippen molar-refractivity contribution in [1.82, 2.24) is 5.43 Å². The molecule has 0 atom stereocenters. The van der Waals surface area contributed by atoms with Gasteiger partial charge in [-0.25, -0.2) is 5.43 Å². The molecule has 108 valence electrons. The van der Waals surface area contributed by atoms with Crippen molar-refractivity contribution in [3.8, 4) is 17.6 Å². The lowest BCUT2D eigenvalue weighted by Crippen LogP contribution is -2.17. The number of ether oxygens (including phenoxy) is 2. The molecule has 22 heavy (non-hydrogen) atoms. The Labute approximate surface area is 126 Å². The highest BCUT2D eigenvalue weighted by Crippen LogP contribution is 2.32. The maximum atomic E-state index is 12.0. The van der Waals surface area contributed by atoms with E-state index in [1.165, 1.54) is 6.21 Å². The molecular weight excluding hydrogens is 282 g/mol. The van der Waals surface area contributed by atoms with E-state index in [-0.39, 0.29) is 12.7 Å². The van der Waals surface area contributed by atoms with Crippen molar-refractivity contribution < 1.29 is 14.3 Å². The van der Waals surface area contributed by atoms with Gasteiger partial charge in [-0.2, -0.15) is 10.4 Å². The first-order valence-corrected chi connectivity index (χ1v) is 6.49. The summed E-state index contributed by atoms with van der Waals surface area (Å²) in [5.74, 6) is 0.824. The maximum absolute atomic E-state index is 12.0. The van der Waals surface area contributed by atoms with E-state index < -0.39 is 0 Å². The number of hydrazone groups is 1. The Balaban J connectivity index is 1.64. The minimum atomic E-state index is -0.344. The highest BCUT2D eigenvalue weighted by molar-refractivity contribution is 5.95. The minimum absolute atomic E-state index is 0.164. The molecule has 1 N–H and O–H groups in total. The summed E-state index contributed by atoms with van der Waals surface area (Å²) in [7, 11) is 0. The monoisotopic (exact) mass is 293 g/mol. The van der Waals surface area contributed by atoms with Crippen molar-refractivity contribution in [2.45, 2.75) is 0 Å². The zero-order valence-corrected chi connectivity index (χ0v) is 11.4. The van der Waals surface area contributed by atoms with Crippen LogP contribution in [0.3, 0.4) is 0 Å². The third kappa shape index (κ3) is 2.88. The van der Waals surface area contributed by atoms with Crippen LogP contribution in [0.15, 0.2) is 47.6 Å². The summed E-state index contributed by atoms with van der Waals surface area (Å²) in [4.78, 5) is 12.0. The molecule has 2 aromatic rings. The zero-order chi connectivity index (χ0) is 15.4. The van der Waals surface area contributed by atoms with Gasteiger partial charge >= 0.3 is 0 Å². The first-order valence-electron chi connectivity index (χ1n) is 6.49. The minimum Gasteiger partial charge on any atom is -0.454 e. The molecule has 0 aromatic heterocycles. The molecule has 0 unspecified atom stereocenters. The summed E-state index contributed by atoms with van der Waals surface area (Å²) in [6, 6.07) is 13.8. The van der Waals surface area contributed by atoms with Crippen LogP contribution in [0, 0.1) is 11.3 Å². The molecule has 0 spiro atoms. The lowest BCUT2D eigenvalue weighted by atomic mass is 10.2. The van der Waals surface area contributed by atoms with Crippen LogP contribution < -0.4 is 14.9 Å². The van der Waals surface area contributed by atoms with Crippen LogP contribution >= 0.6 is 0 Å². The topological polar surface area (TPSA) is 83.7 Å². The molecule has 1 aliphatic heterocycles. The van der Waals surface area contributed by atoms with Gasteiger partial charge in [-0.15, -0.1) is 0 Å². The molecule has 6 heteroatoms. The molecule has 0 saturated heterocycles. The number of rotatable bonds is 3. The van der Waals surface area contributed by atoms with Gasteiger partial charge in [0, 0.05) is 5.56 Å². The van der Waals surface area contributed by atoms with Gasteiger partial charge in [0.1, 0.15) is 0 Å². The Morgan fingerprint density at radius 1 is 1.18 bits per heavy atom. The fraction of sp³-hybridized carbons (Fsp3) is 0.0625. The maximum Gasteiger partial charge on any atom is 0.271 e. The molecule has 0 bridgehead atoms. The number of nitrogens with one attached hydrogen (secondary N) is 1. The van der Waals surface area contributed by atoms with Crippen LogP contribution in [0.4, 0.5) is 0 Å². The standard InChI is InChI=1S/C16H11N3O3/c17-8-11-1-3-12(4-2-11)9-18-19-16(20)13-5-6-14-15(7-13)22-10-21-14/h1-7,9H,10H2,(H,19,20). The number of carbonyl (C=O) groups is 1. The van der Waals surface area contributed by atoms with Crippen LogP contribution in [0.2, 0.25) is 0 Å². The van der Waals surface area contributed by atoms with Gasteiger partial charge in [0.25, 0.3) is 5.91 Å². The fourth-order valence-electron chi connectivity index (χ4n) is 1.91. The van der Waals surface area contributed by atoms with E-state index in [0.29, 0.717) is 22.6 Å². The molecule has 0 aliphatic carbocycles. The first-order chi connectivity index (χ1) is 10.8. The van der Waals surface area contributed by atoms with Crippen LogP contribution in [0.25, 0.3) is 0 Å². The summed E-state index contributed by atoms with van der Waals surface area (Å²) in [5.41, 5.74) is 4.22. The number of amides is 1. The average Bonchev–Trinajstić information content (AvgIpc) is 3.03. The number of hydrogen-bond donors (Lipinski definition) is 1. The lowest BCUT2D eigenvalue weighted by Gasteiger charge is -2.01. The molecule has 0 radical (unpaired) electrons. The van der Waals surface area contributed by atoms with E-state index in [9.17, 15) is 4.79 Å². The summed E-state index contributed by atoms with van der Waals surface area (Å²) < 4.78 is 10.4. The second-order valence-corrected chi connectivity index (χ2v) is 4.50. The Hall–Kier alpha value is -3.33. The summed E-state index contributed by atoms with van der Waals surface area (Å²) in [6.45, 7) is 0.164. The molecule has 1 heterocycles. The number of fused-ring (bicyclic) bond motifs is 1. The average molecular weight is 293 g/mol. The van der Waals surface area contributed by atoms with Gasteiger partial charge in [-0.3, -0.25) is 4.79 Å². The molecule has 6 nitrogen and oxygen atoms in total. The molecule has 2 aromatic carbocycles. The predicted molar refractivity (Wildman–Crippen MR) is 78.8 cm³/mol. The Kier molecular flexibility index (Phi) is 3.70. The molecule has 0 fully saturated rings. The van der Waals surface area contributed by atoms with Crippen molar-refractivity contribution in [2.24, 2.45) is 5.10 Å². The van der Waals surface area contributed by atoms with Crippen LogP contribution in [0.5, 0.6) is 11.5 Å². The summed E-state index contributed by atoms with van der Waals surface area (Å²) >= 11 is 0. The zero-order valence-electron chi connectivity index (χ0n) is 11.4. The third-order valence-electron chi connectivity index (χ3n) is 3.05. The number of benzene rings is 2. The molecule has 1 aliphatic rings. The summed E-state index contributed by atoms with van der Waals surface area (Å²) in [5, 5.41) is 12.6. The van der Waals surface area contributed by atoms with Gasteiger partial charge in [0.2, 0.25) is 6.79 Å². The SMILES string of the molecule is N#Cc1ccc(C=NNC(=O)c2ccc3c(c2)OCO3)cc1. The largest absolute Gasteiger partial charge is 0.454 e. The highest BCUT2D eigenvalue weighted by atomic mass is 16.7. The quantitative estimate of drug-likeness (QED) is 0.693. The van der Waals surface area contributed by atoms with Crippen molar-refractivity contribution in [3.63, 3.8) is 0 Å². The van der Waals surface area contributed by atoms with Crippen LogP contribution in [-0.2, 0) is 0 Å². The predicted octanol–water partition coefficient (Wildman–Crippen LogP) is 2.05. The third-order valence-corrected chi connectivity index (χ3v) is 3.05. The van der Waals surface area contributed by atoms with Gasteiger partial charge in [0.05, 0.1) is 17.8 Å². The van der Waals surface area contributed by atoms with E-state index in [2.05, 4.69) is 10.5 Å². The molecule has 3 rings (SSSR count). The van der Waals surface area contributed by atoms with Gasteiger partial charge in [-0.05, 0) is 35.9 Å². The van der Waals surface area contributed by atoms with Gasteiger partial charge < -0.3 is 9.47 Å². The lowest BCUT2D eigenvalue weighted by molar-refractivity contribution is 0.0954. The fourth-order valence-corrected chi connectivity index (χ4v) is 1.91. The van der Waals surface area contributed by atoms with Gasteiger partial charge in [0.15, 0.2) is 11.5 Å². The number of hydrogen-bond acceptors (Lipinski definition) is 5. The Bertz CT molecular complexity index is 776. The van der Waals surface area contributed by atoms with Gasteiger partial charge in [-0.1, -0.05) is 12.1 Å². The van der Waals surface area contributed by atoms with E-state index in [4.69, 9.17) is 14.7 Å². The molecule has 0 saturated carbocycles. The smallest absolute Gasteiger partial charge is 0.271 e. The number of nitriles is 1. The molecule has 1 amide bonds. The van der Waals surface area contributed by atoms with E-state index >= 15 is 0 Å². The van der Waals surface area contributed by atoms with Crippen molar-refractivity contribution >= 4 is 12.1 Å². The van der Waals surface area contributed by atoms with E-state index in [1.54, 1.807) is 42.5 Å². The summed E-state index contributed by atoms with van der Waals surface area (Å²) in [6.07, 6.45) is 1.51. The first kappa shape index (κ1) is 13.6. The number of nitrogens with zero attached hydrogens (tertiary/aromatic N) is 2. The molecular formula is C16H11N3O3. The second kappa shape index (κ2) is 5.97. The highest BCUT2D eigenvalue weighted by Gasteiger charge is 2.15. The second-order valence-electron chi connectivity index (χ2n) is 4.50. The number of carbonyl (C=O) groups excluding carboxylic acids is 1. The van der Waals surface area contributed by atoms with E-state index in [0.717, 1.165) is 5.56 Å². The van der Waals surface area contributed by atoms with Crippen LogP contribution in [0.1, 0.15) is 21.5 Å². The normalized spacial score (nSPS) is 12.1. The van der Waals surface area contributed by atoms with E-state index in [1.807, 2.05) is 6.07 Å². The van der Waals surface area contributed by atoms with Crippen molar-refractivity contribution in [2.75, 3.05) is 6.79 Å².